The maximum absolute atomic E-state index is 5.60. The summed E-state index contributed by atoms with van der Waals surface area (Å²) in [4.78, 5) is 11.3. The van der Waals surface area contributed by atoms with Crippen molar-refractivity contribution >= 4 is 27.8 Å². The summed E-state index contributed by atoms with van der Waals surface area (Å²) in [7, 11) is 0. The molecule has 0 aliphatic heterocycles. The first-order chi connectivity index (χ1) is 6.84. The van der Waals surface area contributed by atoms with Crippen LogP contribution in [0.15, 0.2) is 30.6 Å². The molecular weight excluding hydrogens is 176 g/mol. The first-order valence-corrected chi connectivity index (χ1v) is 4.32. The number of aromatic amines is 1. The van der Waals surface area contributed by atoms with Crippen molar-refractivity contribution < 1.29 is 0 Å². The van der Waals surface area contributed by atoms with Gasteiger partial charge in [0.1, 0.15) is 0 Å². The number of benzene rings is 1. The second kappa shape index (κ2) is 2.45. The standard InChI is InChI=1S/C10H8N4/c11-10-13-5-6-1-2-8-7(3-4-12-8)9(6)14-10/h1-5H,(H3,11,13,14). The fraction of sp³-hybridized carbons (Fsp3) is 0. The molecule has 0 amide bonds. The van der Waals surface area contributed by atoms with Gasteiger partial charge in [-0.05, 0) is 18.2 Å². The Balaban J connectivity index is 2.60. The fourth-order valence-corrected chi connectivity index (χ4v) is 1.65. The summed E-state index contributed by atoms with van der Waals surface area (Å²) < 4.78 is 0. The first kappa shape index (κ1) is 7.32. The Kier molecular flexibility index (Phi) is 1.28. The van der Waals surface area contributed by atoms with Crippen LogP contribution in [-0.4, -0.2) is 15.0 Å². The van der Waals surface area contributed by atoms with Gasteiger partial charge < -0.3 is 10.7 Å². The van der Waals surface area contributed by atoms with Crippen molar-refractivity contribution in [2.75, 3.05) is 5.73 Å². The van der Waals surface area contributed by atoms with Crippen LogP contribution in [0.1, 0.15) is 0 Å². The van der Waals surface area contributed by atoms with Gasteiger partial charge in [0.15, 0.2) is 5.95 Å². The quantitative estimate of drug-likeness (QED) is 0.558. The van der Waals surface area contributed by atoms with E-state index in [1.165, 1.54) is 0 Å². The molecule has 1 aromatic carbocycles. The van der Waals surface area contributed by atoms with E-state index in [1.54, 1.807) is 12.4 Å². The van der Waals surface area contributed by atoms with Crippen LogP contribution in [0.25, 0.3) is 21.8 Å². The molecule has 0 spiro atoms. The molecule has 68 valence electrons. The molecule has 3 rings (SSSR count). The molecule has 0 unspecified atom stereocenters. The van der Waals surface area contributed by atoms with E-state index in [4.69, 9.17) is 5.73 Å². The zero-order chi connectivity index (χ0) is 9.54. The zero-order valence-corrected chi connectivity index (χ0v) is 7.36. The average molecular weight is 184 g/mol. The van der Waals surface area contributed by atoms with Crippen LogP contribution in [0.4, 0.5) is 5.95 Å². The van der Waals surface area contributed by atoms with E-state index in [9.17, 15) is 0 Å². The number of nitrogens with two attached hydrogens (primary N) is 1. The SMILES string of the molecule is Nc1ncc2ccc3nccc3c2[nH]1. The van der Waals surface area contributed by atoms with Gasteiger partial charge in [0, 0.05) is 23.2 Å². The largest absolute Gasteiger partial charge is 0.369 e. The van der Waals surface area contributed by atoms with Crippen molar-refractivity contribution in [2.24, 2.45) is 0 Å². The highest BCUT2D eigenvalue weighted by Gasteiger charge is 2.02. The summed E-state index contributed by atoms with van der Waals surface area (Å²) in [6.07, 6.45) is 3.54. The van der Waals surface area contributed by atoms with Gasteiger partial charge >= 0.3 is 0 Å². The smallest absolute Gasteiger partial charge is 0.197 e. The molecule has 0 fully saturated rings. The van der Waals surface area contributed by atoms with Gasteiger partial charge in [-0.2, -0.15) is 0 Å². The van der Waals surface area contributed by atoms with E-state index in [1.807, 2.05) is 18.2 Å². The van der Waals surface area contributed by atoms with Gasteiger partial charge in [0.2, 0.25) is 0 Å². The van der Waals surface area contributed by atoms with Crippen LogP contribution >= 0.6 is 0 Å². The Morgan fingerprint density at radius 3 is 3.00 bits per heavy atom. The van der Waals surface area contributed by atoms with Crippen LogP contribution in [-0.2, 0) is 0 Å². The number of H-pyrrole nitrogens is 1. The Hall–Kier alpha value is -2.10. The normalized spacial score (nSPS) is 11.1. The van der Waals surface area contributed by atoms with Gasteiger partial charge in [-0.25, -0.2) is 4.98 Å². The van der Waals surface area contributed by atoms with Crippen molar-refractivity contribution in [3.63, 3.8) is 0 Å². The Morgan fingerprint density at radius 2 is 2.07 bits per heavy atom. The molecule has 0 aliphatic carbocycles. The van der Waals surface area contributed by atoms with Gasteiger partial charge in [-0.15, -0.1) is 0 Å². The zero-order valence-electron chi connectivity index (χ0n) is 7.36. The highest BCUT2D eigenvalue weighted by molar-refractivity contribution is 6.03. The van der Waals surface area contributed by atoms with E-state index >= 15 is 0 Å². The molecule has 0 saturated heterocycles. The van der Waals surface area contributed by atoms with Gasteiger partial charge in [0.05, 0.1) is 11.0 Å². The fourth-order valence-electron chi connectivity index (χ4n) is 1.65. The third kappa shape index (κ3) is 0.877. The molecular formula is C10H8N4. The molecule has 2 aromatic heterocycles. The number of hydrogen-bond donors (Lipinski definition) is 2. The van der Waals surface area contributed by atoms with Gasteiger partial charge in [0.25, 0.3) is 0 Å². The minimum Gasteiger partial charge on any atom is -0.369 e. The lowest BCUT2D eigenvalue weighted by Crippen LogP contribution is -1.93. The predicted octanol–water partition coefficient (Wildman–Crippen LogP) is 1.69. The molecule has 2 heterocycles. The lowest BCUT2D eigenvalue weighted by atomic mass is 10.2. The third-order valence-corrected chi connectivity index (χ3v) is 2.31. The second-order valence-electron chi connectivity index (χ2n) is 3.18. The highest BCUT2D eigenvalue weighted by Crippen LogP contribution is 2.22. The molecule has 0 atom stereocenters. The van der Waals surface area contributed by atoms with E-state index < -0.39 is 0 Å². The van der Waals surface area contributed by atoms with E-state index in [-0.39, 0.29) is 0 Å². The second-order valence-corrected chi connectivity index (χ2v) is 3.18. The number of aromatic nitrogens is 3. The summed E-state index contributed by atoms with van der Waals surface area (Å²) in [6, 6.07) is 5.92. The number of nitrogen functional groups attached to an aromatic ring is 1. The van der Waals surface area contributed by atoms with Gasteiger partial charge in [-0.3, -0.25) is 4.98 Å². The molecule has 14 heavy (non-hydrogen) atoms. The van der Waals surface area contributed by atoms with E-state index in [0.717, 1.165) is 21.8 Å². The minimum atomic E-state index is 0.422. The summed E-state index contributed by atoms with van der Waals surface area (Å²) in [5.74, 6) is 0.422. The van der Waals surface area contributed by atoms with Crippen LogP contribution in [0.5, 0.6) is 0 Å². The minimum absolute atomic E-state index is 0.422. The van der Waals surface area contributed by atoms with Crippen molar-refractivity contribution in [2.45, 2.75) is 0 Å². The lowest BCUT2D eigenvalue weighted by Gasteiger charge is -2.00. The molecule has 0 saturated carbocycles. The van der Waals surface area contributed by atoms with Crippen LogP contribution in [0.3, 0.4) is 0 Å². The van der Waals surface area contributed by atoms with Crippen molar-refractivity contribution in [3.8, 4) is 0 Å². The maximum atomic E-state index is 5.60. The maximum Gasteiger partial charge on any atom is 0.197 e. The topological polar surface area (TPSA) is 67.6 Å². The highest BCUT2D eigenvalue weighted by atomic mass is 15.0. The van der Waals surface area contributed by atoms with Crippen molar-refractivity contribution in [1.82, 2.24) is 15.0 Å². The lowest BCUT2D eigenvalue weighted by molar-refractivity contribution is 1.24. The van der Waals surface area contributed by atoms with E-state index in [0.29, 0.717) is 5.95 Å². The molecule has 0 aliphatic rings. The number of nitrogens with zero attached hydrogens (tertiary/aromatic N) is 2. The molecule has 3 aromatic rings. The molecule has 0 bridgehead atoms. The molecule has 4 heteroatoms. The van der Waals surface area contributed by atoms with Crippen LogP contribution in [0.2, 0.25) is 0 Å². The molecule has 4 nitrogen and oxygen atoms in total. The average Bonchev–Trinajstić information content (AvgIpc) is 2.65. The predicted molar refractivity (Wildman–Crippen MR) is 55.8 cm³/mol. The monoisotopic (exact) mass is 184 g/mol. The number of anilines is 1. The summed E-state index contributed by atoms with van der Waals surface area (Å²) in [6.45, 7) is 0. The number of rotatable bonds is 0. The number of nitrogens with one attached hydrogen (secondary N) is 1. The number of fused-ring (bicyclic) bond motifs is 3. The van der Waals surface area contributed by atoms with Crippen molar-refractivity contribution in [1.29, 1.82) is 0 Å². The van der Waals surface area contributed by atoms with Crippen molar-refractivity contribution in [3.05, 3.63) is 30.6 Å². The molecule has 3 N–H and O–H groups in total. The Labute approximate surface area is 79.8 Å². The van der Waals surface area contributed by atoms with Crippen LogP contribution < -0.4 is 5.73 Å². The summed E-state index contributed by atoms with van der Waals surface area (Å²) >= 11 is 0. The number of hydrogen-bond acceptors (Lipinski definition) is 3. The summed E-state index contributed by atoms with van der Waals surface area (Å²) in [5, 5.41) is 2.12. The Bertz CT molecular complexity index is 612. The molecule has 0 radical (unpaired) electrons. The third-order valence-electron chi connectivity index (χ3n) is 2.31. The Morgan fingerprint density at radius 1 is 1.14 bits per heavy atom. The van der Waals surface area contributed by atoms with Gasteiger partial charge in [-0.1, -0.05) is 0 Å². The summed E-state index contributed by atoms with van der Waals surface area (Å²) in [5.41, 5.74) is 7.56. The van der Waals surface area contributed by atoms with Crippen LogP contribution in [0, 0.1) is 0 Å². The van der Waals surface area contributed by atoms with E-state index in [2.05, 4.69) is 15.0 Å². The first-order valence-electron chi connectivity index (χ1n) is 4.32.